The topological polar surface area (TPSA) is 0 Å². The highest BCUT2D eigenvalue weighted by Gasteiger charge is 1.61. The number of allylic oxidation sites excluding steroid dienone is 5. The van der Waals surface area contributed by atoms with Crippen LogP contribution >= 0.6 is 0 Å². The van der Waals surface area contributed by atoms with Gasteiger partial charge < -0.3 is 0 Å². The Kier molecular flexibility index (Phi) is 5.61. The molecule has 0 heteroatoms. The van der Waals surface area contributed by atoms with Gasteiger partial charge in [0.1, 0.15) is 0 Å². The summed E-state index contributed by atoms with van der Waals surface area (Å²) in [5.74, 6) is 0. The van der Waals surface area contributed by atoms with E-state index in [1.54, 1.807) is 0 Å². The molecule has 0 bridgehead atoms. The third-order valence-electron chi connectivity index (χ3n) is 0.742. The molecule has 0 aromatic rings. The molecule has 0 saturated carbocycles. The molecule has 0 amide bonds. The quantitative estimate of drug-likeness (QED) is 0.385. The lowest BCUT2D eigenvalue weighted by atomic mass is 10.3. The maximum Gasteiger partial charge on any atom is -0.0169 e. The van der Waals surface area contributed by atoms with Crippen molar-refractivity contribution in [3.8, 4) is 0 Å². The fourth-order valence-corrected chi connectivity index (χ4v) is 0.364. The largest absolute Gasteiger partial charge is 0.103 e. The second-order valence-electron chi connectivity index (χ2n) is 1.48. The summed E-state index contributed by atoms with van der Waals surface area (Å²) in [7, 11) is 0. The zero-order chi connectivity index (χ0) is 6.24. The van der Waals surface area contributed by atoms with Gasteiger partial charge in [-0.2, -0.15) is 0 Å². The van der Waals surface area contributed by atoms with Crippen LogP contribution in [0.3, 0.4) is 0 Å². The zero-order valence-corrected chi connectivity index (χ0v) is 5.30. The second-order valence-corrected chi connectivity index (χ2v) is 1.48. The Morgan fingerprint density at radius 2 is 2.12 bits per heavy atom. The molecular formula is C8H12. The maximum atomic E-state index is 3.58. The zero-order valence-electron chi connectivity index (χ0n) is 5.30. The first-order valence-corrected chi connectivity index (χ1v) is 2.80. The van der Waals surface area contributed by atoms with Gasteiger partial charge in [-0.25, -0.2) is 0 Å². The smallest absolute Gasteiger partial charge is 0.0169 e. The Morgan fingerprint density at radius 3 is 2.62 bits per heavy atom. The van der Waals surface area contributed by atoms with Crippen molar-refractivity contribution in [1.82, 2.24) is 0 Å². The van der Waals surface area contributed by atoms with Crippen LogP contribution < -0.4 is 0 Å². The van der Waals surface area contributed by atoms with Crippen LogP contribution in [-0.2, 0) is 0 Å². The predicted octanol–water partition coefficient (Wildman–Crippen LogP) is 2.69. The molecule has 0 rings (SSSR count). The summed E-state index contributed by atoms with van der Waals surface area (Å²) in [4.78, 5) is 0. The molecule has 0 spiro atoms. The fourth-order valence-electron chi connectivity index (χ4n) is 0.364. The summed E-state index contributed by atoms with van der Waals surface area (Å²) >= 11 is 0. The molecule has 0 fully saturated rings. The van der Waals surface area contributed by atoms with Crippen LogP contribution in [-0.4, -0.2) is 0 Å². The predicted molar refractivity (Wildman–Crippen MR) is 38.8 cm³/mol. The van der Waals surface area contributed by atoms with E-state index in [-0.39, 0.29) is 0 Å². The summed E-state index contributed by atoms with van der Waals surface area (Å²) in [6.45, 7) is 5.58. The molecule has 0 aliphatic carbocycles. The molecule has 8 heavy (non-hydrogen) atoms. The third-order valence-corrected chi connectivity index (χ3v) is 0.742. The van der Waals surface area contributed by atoms with Crippen molar-refractivity contribution in [3.05, 3.63) is 37.0 Å². The lowest BCUT2D eigenvalue weighted by molar-refractivity contribution is 1.41. The second kappa shape index (κ2) is 6.22. The van der Waals surface area contributed by atoms with E-state index in [0.717, 1.165) is 6.42 Å². The van der Waals surface area contributed by atoms with E-state index in [4.69, 9.17) is 0 Å². The van der Waals surface area contributed by atoms with Crippen LogP contribution in [0.15, 0.2) is 37.0 Å². The first kappa shape index (κ1) is 7.22. The van der Waals surface area contributed by atoms with Crippen molar-refractivity contribution in [2.24, 2.45) is 0 Å². The number of rotatable bonds is 3. The van der Waals surface area contributed by atoms with Crippen molar-refractivity contribution in [2.75, 3.05) is 0 Å². The monoisotopic (exact) mass is 108 g/mol. The van der Waals surface area contributed by atoms with E-state index < -0.39 is 0 Å². The minimum Gasteiger partial charge on any atom is -0.103 e. The molecule has 0 unspecified atom stereocenters. The van der Waals surface area contributed by atoms with Gasteiger partial charge in [0.2, 0.25) is 0 Å². The molecule has 0 radical (unpaired) electrons. The summed E-state index contributed by atoms with van der Waals surface area (Å²) < 4.78 is 0. The normalized spacial score (nSPS) is 11.1. The molecule has 0 nitrogen and oxygen atoms in total. The van der Waals surface area contributed by atoms with E-state index in [1.807, 2.05) is 31.2 Å². The van der Waals surface area contributed by atoms with Crippen LogP contribution in [0.1, 0.15) is 13.3 Å². The van der Waals surface area contributed by atoms with Gasteiger partial charge in [-0.05, 0) is 13.3 Å². The van der Waals surface area contributed by atoms with Gasteiger partial charge in [-0.15, -0.1) is 6.58 Å². The van der Waals surface area contributed by atoms with Crippen LogP contribution in [0.2, 0.25) is 0 Å². The SMILES string of the molecule is C=CCC=C/C=C\C. The lowest BCUT2D eigenvalue weighted by Crippen LogP contribution is -1.51. The number of hydrogen-bond donors (Lipinski definition) is 0. The summed E-state index contributed by atoms with van der Waals surface area (Å²) in [6.07, 6.45) is 10.9. The van der Waals surface area contributed by atoms with Crippen LogP contribution in [0.4, 0.5) is 0 Å². The molecule has 0 saturated heterocycles. The van der Waals surface area contributed by atoms with Crippen LogP contribution in [0.5, 0.6) is 0 Å². The molecule has 0 aromatic carbocycles. The molecule has 44 valence electrons. The van der Waals surface area contributed by atoms with E-state index in [0.29, 0.717) is 0 Å². The van der Waals surface area contributed by atoms with E-state index in [2.05, 4.69) is 12.7 Å². The lowest BCUT2D eigenvalue weighted by Gasteiger charge is -1.73. The van der Waals surface area contributed by atoms with Gasteiger partial charge in [-0.3, -0.25) is 0 Å². The molecule has 0 N–H and O–H groups in total. The molecular weight excluding hydrogens is 96.1 g/mol. The fraction of sp³-hybridized carbons (Fsp3) is 0.250. The minimum absolute atomic E-state index is 0.963. The van der Waals surface area contributed by atoms with Crippen LogP contribution in [0, 0.1) is 0 Å². The first-order chi connectivity index (χ1) is 3.91. The highest BCUT2D eigenvalue weighted by Crippen LogP contribution is 1.82. The van der Waals surface area contributed by atoms with Gasteiger partial charge in [0.25, 0.3) is 0 Å². The highest BCUT2D eigenvalue weighted by molar-refractivity contribution is 5.02. The highest BCUT2D eigenvalue weighted by atomic mass is 13.7. The Bertz CT molecular complexity index is 96.6. The Hall–Kier alpha value is -0.780. The Balaban J connectivity index is 3.19. The molecule has 0 atom stereocenters. The van der Waals surface area contributed by atoms with Crippen LogP contribution in [0.25, 0.3) is 0 Å². The number of hydrogen-bond acceptors (Lipinski definition) is 0. The van der Waals surface area contributed by atoms with Crippen molar-refractivity contribution >= 4 is 0 Å². The van der Waals surface area contributed by atoms with E-state index >= 15 is 0 Å². The van der Waals surface area contributed by atoms with Gasteiger partial charge in [0.05, 0.1) is 0 Å². The Labute approximate surface area is 51.2 Å². The van der Waals surface area contributed by atoms with Gasteiger partial charge in [0, 0.05) is 0 Å². The van der Waals surface area contributed by atoms with Gasteiger partial charge in [0.15, 0.2) is 0 Å². The average Bonchev–Trinajstić information content (AvgIpc) is 1.81. The maximum absolute atomic E-state index is 3.58. The molecule has 0 aliphatic rings. The standard InChI is InChI=1S/C8H12/c1-3-5-7-8-6-4-2/h3-4,6-8H,1,5H2,2H3/b6-4-,8-7?. The van der Waals surface area contributed by atoms with Crippen molar-refractivity contribution in [2.45, 2.75) is 13.3 Å². The molecule has 0 heterocycles. The van der Waals surface area contributed by atoms with Gasteiger partial charge in [-0.1, -0.05) is 30.4 Å². The van der Waals surface area contributed by atoms with Gasteiger partial charge >= 0.3 is 0 Å². The van der Waals surface area contributed by atoms with Crippen molar-refractivity contribution < 1.29 is 0 Å². The summed E-state index contributed by atoms with van der Waals surface area (Å²) in [6, 6.07) is 0. The average molecular weight is 108 g/mol. The summed E-state index contributed by atoms with van der Waals surface area (Å²) in [5.41, 5.74) is 0. The molecule has 0 aromatic heterocycles. The van der Waals surface area contributed by atoms with Crippen molar-refractivity contribution in [3.63, 3.8) is 0 Å². The van der Waals surface area contributed by atoms with Crippen molar-refractivity contribution in [1.29, 1.82) is 0 Å². The van der Waals surface area contributed by atoms with E-state index in [9.17, 15) is 0 Å². The molecule has 0 aliphatic heterocycles. The summed E-state index contributed by atoms with van der Waals surface area (Å²) in [5, 5.41) is 0. The van der Waals surface area contributed by atoms with E-state index in [1.165, 1.54) is 0 Å². The third kappa shape index (κ3) is 5.22. The first-order valence-electron chi connectivity index (χ1n) is 2.80. The minimum atomic E-state index is 0.963. The Morgan fingerprint density at radius 1 is 1.38 bits per heavy atom.